The van der Waals surface area contributed by atoms with Crippen molar-refractivity contribution in [3.63, 3.8) is 0 Å². The molecule has 2 amide bonds. The van der Waals surface area contributed by atoms with Crippen molar-refractivity contribution in [1.29, 1.82) is 0 Å². The highest BCUT2D eigenvalue weighted by molar-refractivity contribution is 7.83. The summed E-state index contributed by atoms with van der Waals surface area (Å²) in [7, 11) is -4.66. The molecule has 3 unspecified atom stereocenters. The van der Waals surface area contributed by atoms with Gasteiger partial charge in [0.1, 0.15) is 24.0 Å². The first-order valence-corrected chi connectivity index (χ1v) is 15.5. The van der Waals surface area contributed by atoms with Gasteiger partial charge < -0.3 is 35.5 Å². The van der Waals surface area contributed by atoms with E-state index in [0.29, 0.717) is 22.4 Å². The molecule has 16 heteroatoms. The monoisotopic (exact) mass is 663 g/mol. The number of nitrogens with zero attached hydrogens (tertiary/aromatic N) is 3. The summed E-state index contributed by atoms with van der Waals surface area (Å²) in [5.74, 6) is -1.95. The SMILES string of the molecule is O=C(OCc1ccc(C2C(CCC(O)c3ccc(F)cc3)C(=O)N2c2ccc(F)cc2)c(O)c1)N1CCN(NS(=O)(=O)[O-])CC1.[NH4+]. The predicted octanol–water partition coefficient (Wildman–Crippen LogP) is 3.48. The van der Waals surface area contributed by atoms with E-state index in [0.717, 1.165) is 0 Å². The van der Waals surface area contributed by atoms with Gasteiger partial charge in [-0.2, -0.15) is 4.83 Å². The Hall–Kier alpha value is -4.19. The van der Waals surface area contributed by atoms with Crippen molar-refractivity contribution in [3.8, 4) is 5.75 Å². The van der Waals surface area contributed by atoms with Gasteiger partial charge in [0, 0.05) is 37.4 Å². The van der Waals surface area contributed by atoms with Crippen molar-refractivity contribution in [3.05, 3.63) is 95.1 Å². The van der Waals surface area contributed by atoms with Gasteiger partial charge in [-0.15, -0.1) is 0 Å². The zero-order valence-electron chi connectivity index (χ0n) is 24.9. The van der Waals surface area contributed by atoms with Crippen molar-refractivity contribution < 1.29 is 46.3 Å². The number of nitrogens with one attached hydrogen (secondary N) is 1. The molecule has 3 aromatic rings. The molecule has 2 aliphatic rings. The number of hydrazine groups is 1. The lowest BCUT2D eigenvalue weighted by Crippen LogP contribution is -2.55. The minimum absolute atomic E-state index is 0. The molecule has 7 N–H and O–H groups in total. The quantitative estimate of drug-likeness (QED) is 0.185. The lowest BCUT2D eigenvalue weighted by atomic mass is 9.77. The van der Waals surface area contributed by atoms with Gasteiger partial charge in [-0.3, -0.25) is 4.79 Å². The van der Waals surface area contributed by atoms with E-state index < -0.39 is 46.1 Å². The van der Waals surface area contributed by atoms with Crippen LogP contribution >= 0.6 is 0 Å². The summed E-state index contributed by atoms with van der Waals surface area (Å²) in [6.45, 7) is 0.256. The number of hydrogen-bond donors (Lipinski definition) is 4. The van der Waals surface area contributed by atoms with Crippen LogP contribution in [0, 0.1) is 17.6 Å². The van der Waals surface area contributed by atoms with Gasteiger partial charge in [-0.25, -0.2) is 27.0 Å². The molecule has 0 radical (unpaired) electrons. The van der Waals surface area contributed by atoms with Crippen LogP contribution in [0.25, 0.3) is 0 Å². The molecule has 13 nitrogen and oxygen atoms in total. The average molecular weight is 664 g/mol. The number of benzene rings is 3. The second-order valence-corrected chi connectivity index (χ2v) is 11.9. The van der Waals surface area contributed by atoms with Crippen molar-refractivity contribution in [1.82, 2.24) is 20.9 Å². The molecule has 0 spiro atoms. The van der Waals surface area contributed by atoms with Crippen LogP contribution in [0.15, 0.2) is 66.7 Å². The number of anilines is 1. The second kappa shape index (κ2) is 14.5. The molecule has 2 heterocycles. The summed E-state index contributed by atoms with van der Waals surface area (Å²) >= 11 is 0. The third-order valence-electron chi connectivity index (χ3n) is 7.88. The number of quaternary nitrogens is 1. The number of hydrogen-bond acceptors (Lipinski definition) is 9. The Balaban J connectivity index is 0.00000480. The Labute approximate surface area is 264 Å². The van der Waals surface area contributed by atoms with E-state index in [2.05, 4.69) is 0 Å². The summed E-state index contributed by atoms with van der Waals surface area (Å²) in [5, 5.41) is 22.9. The zero-order valence-corrected chi connectivity index (χ0v) is 25.7. The number of piperazine rings is 1. The van der Waals surface area contributed by atoms with Crippen LogP contribution in [0.3, 0.4) is 0 Å². The molecule has 2 aliphatic heterocycles. The molecule has 5 rings (SSSR count). The fraction of sp³-hybridized carbons (Fsp3) is 0.333. The first-order valence-electron chi connectivity index (χ1n) is 14.1. The van der Waals surface area contributed by atoms with E-state index in [1.165, 1.54) is 69.4 Å². The molecule has 0 bridgehead atoms. The maximum Gasteiger partial charge on any atom is 0.410 e. The highest BCUT2D eigenvalue weighted by atomic mass is 32.2. The largest absolute Gasteiger partial charge is 0.734 e. The van der Waals surface area contributed by atoms with Gasteiger partial charge in [-0.05, 0) is 66.4 Å². The summed E-state index contributed by atoms with van der Waals surface area (Å²) in [5.41, 5.74) is 1.81. The molecular formula is C30H35F2N5O8S. The maximum atomic E-state index is 13.6. The Morgan fingerprint density at radius 1 is 1.00 bits per heavy atom. The lowest BCUT2D eigenvalue weighted by molar-refractivity contribution is -0.131. The summed E-state index contributed by atoms with van der Waals surface area (Å²) in [4.78, 5) is 30.5. The van der Waals surface area contributed by atoms with Crippen LogP contribution in [0.2, 0.25) is 0 Å². The molecule has 0 aliphatic carbocycles. The number of β-lactam (4-membered cyclic amide) rings is 1. The lowest BCUT2D eigenvalue weighted by Gasteiger charge is -2.48. The Morgan fingerprint density at radius 2 is 1.61 bits per heavy atom. The van der Waals surface area contributed by atoms with Gasteiger partial charge in [0.15, 0.2) is 10.3 Å². The van der Waals surface area contributed by atoms with E-state index in [-0.39, 0.29) is 63.4 Å². The molecular weight excluding hydrogens is 628 g/mol. The number of phenols is 1. The maximum absolute atomic E-state index is 13.6. The number of carbonyl (C=O) groups is 2. The van der Waals surface area contributed by atoms with Gasteiger partial charge in [-0.1, -0.05) is 24.3 Å². The molecule has 46 heavy (non-hydrogen) atoms. The molecule has 2 saturated heterocycles. The van der Waals surface area contributed by atoms with Crippen molar-refractivity contribution in [2.75, 3.05) is 31.1 Å². The third-order valence-corrected chi connectivity index (χ3v) is 8.36. The van der Waals surface area contributed by atoms with Gasteiger partial charge in [0.2, 0.25) is 5.91 Å². The predicted molar refractivity (Wildman–Crippen MR) is 161 cm³/mol. The first-order chi connectivity index (χ1) is 21.4. The van der Waals surface area contributed by atoms with E-state index in [1.807, 2.05) is 4.83 Å². The molecule has 3 atom stereocenters. The number of aliphatic hydroxyl groups is 1. The van der Waals surface area contributed by atoms with Crippen LogP contribution in [-0.4, -0.2) is 71.3 Å². The third kappa shape index (κ3) is 8.14. The number of aliphatic hydroxyl groups excluding tert-OH is 1. The van der Waals surface area contributed by atoms with Crippen LogP contribution in [0.1, 0.15) is 41.7 Å². The Kier molecular flexibility index (Phi) is 10.9. The standard InChI is InChI=1S/C30H32F2N4O8S.H3N/c31-21-4-2-20(3-5-21)26(37)12-11-25-28(36(29(25)39)23-8-6-22(32)7-9-23)24-10-1-19(17-27(24)38)18-44-30(40)34-13-15-35(16-14-34)33-45(41,42)43;/h1-10,17,25-26,28,33,37-38H,11-16,18H2,(H,41,42,43);1H3. The number of phenolic OH excluding ortho intramolecular Hbond substituents is 1. The number of rotatable bonds is 10. The highest BCUT2D eigenvalue weighted by Crippen LogP contribution is 2.48. The second-order valence-electron chi connectivity index (χ2n) is 10.8. The normalized spacial score (nSPS) is 19.3. The van der Waals surface area contributed by atoms with E-state index in [9.17, 15) is 41.6 Å². The zero-order chi connectivity index (χ0) is 32.3. The molecule has 0 saturated carbocycles. The molecule has 0 aromatic heterocycles. The summed E-state index contributed by atoms with van der Waals surface area (Å²) in [6, 6.07) is 14.8. The Bertz CT molecular complexity index is 1640. The Morgan fingerprint density at radius 3 is 2.20 bits per heavy atom. The van der Waals surface area contributed by atoms with Gasteiger partial charge in [0.05, 0.1) is 18.1 Å². The number of ether oxygens (including phenoxy) is 1. The van der Waals surface area contributed by atoms with Crippen molar-refractivity contribution >= 4 is 28.0 Å². The topological polar surface area (TPSA) is 199 Å². The van der Waals surface area contributed by atoms with Crippen LogP contribution < -0.4 is 15.9 Å². The van der Waals surface area contributed by atoms with Crippen LogP contribution in [-0.2, 0) is 26.4 Å². The summed E-state index contributed by atoms with van der Waals surface area (Å²) in [6.07, 6.45) is -1.15. The highest BCUT2D eigenvalue weighted by Gasteiger charge is 2.49. The molecule has 2 fully saturated rings. The fourth-order valence-corrected chi connectivity index (χ4v) is 6.07. The smallest absolute Gasteiger partial charge is 0.410 e. The van der Waals surface area contributed by atoms with Gasteiger partial charge in [0.25, 0.3) is 0 Å². The number of carbonyl (C=O) groups excluding carboxylic acids is 2. The number of halogens is 2. The fourth-order valence-electron chi connectivity index (χ4n) is 5.57. The number of aromatic hydroxyl groups is 1. The average Bonchev–Trinajstić information content (AvgIpc) is 3.00. The van der Waals surface area contributed by atoms with Crippen LogP contribution in [0.5, 0.6) is 5.75 Å². The number of amides is 2. The van der Waals surface area contributed by atoms with E-state index in [1.54, 1.807) is 12.1 Å². The van der Waals surface area contributed by atoms with E-state index >= 15 is 0 Å². The van der Waals surface area contributed by atoms with Crippen molar-refractivity contribution in [2.45, 2.75) is 31.6 Å². The summed E-state index contributed by atoms with van der Waals surface area (Å²) < 4.78 is 64.9. The minimum atomic E-state index is -4.66. The van der Waals surface area contributed by atoms with Gasteiger partial charge >= 0.3 is 6.09 Å². The first kappa shape index (κ1) is 34.7. The molecule has 248 valence electrons. The van der Waals surface area contributed by atoms with E-state index in [4.69, 9.17) is 4.74 Å². The molecule has 3 aromatic carbocycles. The van der Waals surface area contributed by atoms with Crippen LogP contribution in [0.4, 0.5) is 19.3 Å². The minimum Gasteiger partial charge on any atom is -0.734 e. The van der Waals surface area contributed by atoms with Crippen molar-refractivity contribution in [2.24, 2.45) is 5.92 Å².